The molecule has 7 heteroatoms. The molecule has 1 aromatic rings. The highest BCUT2D eigenvalue weighted by molar-refractivity contribution is 5.94. The fourth-order valence-electron chi connectivity index (χ4n) is 4.54. The molecule has 0 radical (unpaired) electrons. The largest absolute Gasteiger partial charge is 0.369 e. The highest BCUT2D eigenvalue weighted by Crippen LogP contribution is 2.31. The maximum atomic E-state index is 13.1. The van der Waals surface area contributed by atoms with Gasteiger partial charge in [0, 0.05) is 44.1 Å². The second kappa shape index (κ2) is 9.37. The van der Waals surface area contributed by atoms with E-state index in [0.717, 1.165) is 12.8 Å². The van der Waals surface area contributed by atoms with Crippen molar-refractivity contribution in [2.24, 2.45) is 23.5 Å². The van der Waals surface area contributed by atoms with Gasteiger partial charge in [-0.2, -0.15) is 0 Å². The first-order chi connectivity index (χ1) is 13.9. The Morgan fingerprint density at radius 2 is 1.62 bits per heavy atom. The number of benzene rings is 1. The number of hydrogen-bond donors (Lipinski definition) is 1. The van der Waals surface area contributed by atoms with Gasteiger partial charge in [-0.1, -0.05) is 13.3 Å². The highest BCUT2D eigenvalue weighted by atomic mass is 19.1. The fraction of sp³-hybridized carbons (Fsp3) is 0.591. The second-order valence-electron chi connectivity index (χ2n) is 8.24. The van der Waals surface area contributed by atoms with Gasteiger partial charge in [-0.05, 0) is 55.4 Å². The molecule has 29 heavy (non-hydrogen) atoms. The van der Waals surface area contributed by atoms with Crippen LogP contribution in [0.2, 0.25) is 0 Å². The normalized spacial score (nSPS) is 23.1. The Kier molecular flexibility index (Phi) is 6.87. The molecule has 158 valence electrons. The SMILES string of the molecule is CC[C@@H]1CN(C(=O)c2ccc(F)cc2)CC[C@H]1CC(=O)N1CCC(C(N)=O)CC1. The van der Waals surface area contributed by atoms with Crippen molar-refractivity contribution in [2.75, 3.05) is 26.2 Å². The molecule has 0 spiro atoms. The molecule has 6 nitrogen and oxygen atoms in total. The topological polar surface area (TPSA) is 83.7 Å². The highest BCUT2D eigenvalue weighted by Gasteiger charge is 2.34. The molecule has 3 rings (SSSR count). The zero-order chi connectivity index (χ0) is 21.0. The fourth-order valence-corrected chi connectivity index (χ4v) is 4.54. The van der Waals surface area contributed by atoms with Gasteiger partial charge in [-0.3, -0.25) is 14.4 Å². The summed E-state index contributed by atoms with van der Waals surface area (Å²) in [5.41, 5.74) is 5.86. The molecule has 1 aromatic carbocycles. The van der Waals surface area contributed by atoms with Crippen LogP contribution in [0.15, 0.2) is 24.3 Å². The first kappa shape index (κ1) is 21.3. The summed E-state index contributed by atoms with van der Waals surface area (Å²) in [6.45, 7) is 4.49. The molecule has 2 aliphatic heterocycles. The Hall–Kier alpha value is -2.44. The quantitative estimate of drug-likeness (QED) is 0.820. The van der Waals surface area contributed by atoms with Crippen molar-refractivity contribution in [3.05, 3.63) is 35.6 Å². The molecule has 3 amide bonds. The number of nitrogens with zero attached hydrogens (tertiary/aromatic N) is 2. The van der Waals surface area contributed by atoms with Gasteiger partial charge in [0.25, 0.3) is 5.91 Å². The maximum absolute atomic E-state index is 13.1. The van der Waals surface area contributed by atoms with E-state index in [2.05, 4.69) is 6.92 Å². The maximum Gasteiger partial charge on any atom is 0.253 e. The first-order valence-electron chi connectivity index (χ1n) is 10.5. The third-order valence-electron chi connectivity index (χ3n) is 6.48. The van der Waals surface area contributed by atoms with E-state index in [1.165, 1.54) is 24.3 Å². The van der Waals surface area contributed by atoms with Crippen molar-refractivity contribution in [3.63, 3.8) is 0 Å². The molecule has 2 N–H and O–H groups in total. The number of hydrogen-bond acceptors (Lipinski definition) is 3. The molecule has 2 saturated heterocycles. The Morgan fingerprint density at radius 3 is 2.21 bits per heavy atom. The average Bonchev–Trinajstić information content (AvgIpc) is 2.74. The van der Waals surface area contributed by atoms with Gasteiger partial charge < -0.3 is 15.5 Å². The van der Waals surface area contributed by atoms with Crippen LogP contribution in [0.25, 0.3) is 0 Å². The lowest BCUT2D eigenvalue weighted by Gasteiger charge is -2.39. The summed E-state index contributed by atoms with van der Waals surface area (Å²) < 4.78 is 13.1. The van der Waals surface area contributed by atoms with E-state index >= 15 is 0 Å². The molecule has 0 aromatic heterocycles. The van der Waals surface area contributed by atoms with Crippen LogP contribution in [0, 0.1) is 23.6 Å². The van der Waals surface area contributed by atoms with Gasteiger partial charge in [0.1, 0.15) is 5.82 Å². The Morgan fingerprint density at radius 1 is 1.00 bits per heavy atom. The number of likely N-dealkylation sites (tertiary alicyclic amines) is 2. The molecular formula is C22H30FN3O3. The van der Waals surface area contributed by atoms with Gasteiger partial charge in [-0.15, -0.1) is 0 Å². The Labute approximate surface area is 171 Å². The Bertz CT molecular complexity index is 744. The summed E-state index contributed by atoms with van der Waals surface area (Å²) in [5.74, 6) is -0.190. The van der Waals surface area contributed by atoms with Crippen LogP contribution < -0.4 is 5.73 Å². The number of carbonyl (C=O) groups is 3. The van der Waals surface area contributed by atoms with Crippen LogP contribution >= 0.6 is 0 Å². The minimum Gasteiger partial charge on any atom is -0.369 e. The lowest BCUT2D eigenvalue weighted by molar-refractivity contribution is -0.136. The van der Waals surface area contributed by atoms with Gasteiger partial charge >= 0.3 is 0 Å². The molecule has 2 aliphatic rings. The van der Waals surface area contributed by atoms with E-state index in [1.54, 1.807) is 0 Å². The van der Waals surface area contributed by atoms with Gasteiger partial charge in [-0.25, -0.2) is 4.39 Å². The van der Waals surface area contributed by atoms with Crippen LogP contribution in [-0.2, 0) is 9.59 Å². The van der Waals surface area contributed by atoms with E-state index in [1.807, 2.05) is 9.80 Å². The second-order valence-corrected chi connectivity index (χ2v) is 8.24. The molecule has 2 atom stereocenters. The molecule has 2 fully saturated rings. The summed E-state index contributed by atoms with van der Waals surface area (Å²) in [5, 5.41) is 0. The van der Waals surface area contributed by atoms with E-state index in [4.69, 9.17) is 5.73 Å². The number of amides is 3. The number of halogens is 1. The number of piperidine rings is 2. The zero-order valence-corrected chi connectivity index (χ0v) is 17.0. The van der Waals surface area contributed by atoms with Crippen molar-refractivity contribution in [1.29, 1.82) is 0 Å². The minimum atomic E-state index is -0.356. The van der Waals surface area contributed by atoms with Crippen molar-refractivity contribution in [3.8, 4) is 0 Å². The van der Waals surface area contributed by atoms with E-state index < -0.39 is 0 Å². The monoisotopic (exact) mass is 403 g/mol. The minimum absolute atomic E-state index is 0.0817. The van der Waals surface area contributed by atoms with Crippen molar-refractivity contribution in [2.45, 2.75) is 39.0 Å². The van der Waals surface area contributed by atoms with Crippen LogP contribution in [0.4, 0.5) is 4.39 Å². The predicted molar refractivity (Wildman–Crippen MR) is 107 cm³/mol. The zero-order valence-electron chi connectivity index (χ0n) is 17.0. The van der Waals surface area contributed by atoms with E-state index in [0.29, 0.717) is 51.0 Å². The van der Waals surface area contributed by atoms with E-state index in [-0.39, 0.29) is 41.3 Å². The molecule has 0 bridgehead atoms. The summed E-state index contributed by atoms with van der Waals surface area (Å²) in [6.07, 6.45) is 3.45. The summed E-state index contributed by atoms with van der Waals surface area (Å²) in [6, 6.07) is 5.64. The lowest BCUT2D eigenvalue weighted by Crippen LogP contribution is -2.46. The standard InChI is InChI=1S/C22H30FN3O3/c1-2-15-14-26(22(29)17-3-5-19(23)6-4-17)12-9-18(15)13-20(27)25-10-7-16(8-11-25)21(24)28/h3-6,15-16,18H,2,7-14H2,1H3,(H2,24,28)/t15-,18+/m1/s1. The van der Waals surface area contributed by atoms with Crippen molar-refractivity contribution < 1.29 is 18.8 Å². The smallest absolute Gasteiger partial charge is 0.253 e. The number of primary amides is 1. The van der Waals surface area contributed by atoms with Crippen LogP contribution in [-0.4, -0.2) is 53.7 Å². The third kappa shape index (κ3) is 5.14. The lowest BCUT2D eigenvalue weighted by atomic mass is 9.81. The molecule has 0 unspecified atom stereocenters. The molecule has 2 heterocycles. The number of rotatable bonds is 5. The summed E-state index contributed by atoms with van der Waals surface area (Å²) >= 11 is 0. The van der Waals surface area contributed by atoms with Crippen LogP contribution in [0.5, 0.6) is 0 Å². The van der Waals surface area contributed by atoms with Crippen LogP contribution in [0.3, 0.4) is 0 Å². The van der Waals surface area contributed by atoms with Crippen molar-refractivity contribution >= 4 is 17.7 Å². The number of nitrogens with two attached hydrogens (primary N) is 1. The predicted octanol–water partition coefficient (Wildman–Crippen LogP) is 2.43. The van der Waals surface area contributed by atoms with Gasteiger partial charge in [0.15, 0.2) is 0 Å². The molecule has 0 aliphatic carbocycles. The third-order valence-corrected chi connectivity index (χ3v) is 6.48. The Balaban J connectivity index is 1.54. The van der Waals surface area contributed by atoms with Crippen molar-refractivity contribution in [1.82, 2.24) is 9.80 Å². The molecular weight excluding hydrogens is 373 g/mol. The number of carbonyl (C=O) groups excluding carboxylic acids is 3. The summed E-state index contributed by atoms with van der Waals surface area (Å²) in [4.78, 5) is 40.5. The average molecular weight is 403 g/mol. The van der Waals surface area contributed by atoms with E-state index in [9.17, 15) is 18.8 Å². The first-order valence-corrected chi connectivity index (χ1v) is 10.5. The van der Waals surface area contributed by atoms with Gasteiger partial charge in [0.2, 0.25) is 11.8 Å². The van der Waals surface area contributed by atoms with Gasteiger partial charge in [0.05, 0.1) is 0 Å². The molecule has 0 saturated carbocycles. The summed E-state index contributed by atoms with van der Waals surface area (Å²) in [7, 11) is 0. The van der Waals surface area contributed by atoms with Crippen LogP contribution in [0.1, 0.15) is 49.4 Å².